The molecule has 1 aliphatic heterocycles. The van der Waals surface area contributed by atoms with Crippen LogP contribution in [0.2, 0.25) is 0 Å². The van der Waals surface area contributed by atoms with Crippen molar-refractivity contribution in [2.24, 2.45) is 11.8 Å². The molecule has 21 heavy (non-hydrogen) atoms. The zero-order valence-corrected chi connectivity index (χ0v) is 14.0. The van der Waals surface area contributed by atoms with Gasteiger partial charge in [0, 0.05) is 23.6 Å². The van der Waals surface area contributed by atoms with Crippen LogP contribution in [0.1, 0.15) is 44.9 Å². The molecule has 3 rings (SSSR count). The minimum atomic E-state index is -4.10. The Labute approximate surface area is 132 Å². The Morgan fingerprint density at radius 3 is 2.76 bits per heavy atom. The first kappa shape index (κ1) is 15.7. The summed E-state index contributed by atoms with van der Waals surface area (Å²) in [6.07, 6.45) is 8.36. The van der Waals surface area contributed by atoms with E-state index in [9.17, 15) is 13.0 Å². The zero-order valence-electron chi connectivity index (χ0n) is 12.4. The van der Waals surface area contributed by atoms with Gasteiger partial charge in [-0.15, -0.1) is 11.8 Å². The molecule has 4 unspecified atom stereocenters. The Balaban J connectivity index is 1.68. The largest absolute Gasteiger partial charge is 0.748 e. The predicted octanol–water partition coefficient (Wildman–Crippen LogP) is 2.78. The molecule has 0 aromatic rings. The Morgan fingerprint density at radius 2 is 2.00 bits per heavy atom. The molecule has 0 bridgehead atoms. The number of thioether (sulfide) groups is 1. The number of nitrogens with zero attached hydrogens (tertiary/aromatic N) is 1. The minimum absolute atomic E-state index is 0.257. The predicted molar refractivity (Wildman–Crippen MR) is 84.9 cm³/mol. The van der Waals surface area contributed by atoms with Gasteiger partial charge < -0.3 is 9.45 Å². The molecule has 0 spiro atoms. The lowest BCUT2D eigenvalue weighted by atomic mass is 9.68. The van der Waals surface area contributed by atoms with Crippen molar-refractivity contribution in [2.75, 3.05) is 12.3 Å². The molecule has 2 aliphatic carbocycles. The SMILES string of the molecule is C=C1SC2CCC3CCCCC3C2N1CCCS(=O)(=O)[O-]. The van der Waals surface area contributed by atoms with E-state index in [1.165, 1.54) is 38.5 Å². The van der Waals surface area contributed by atoms with Crippen molar-refractivity contribution in [1.29, 1.82) is 0 Å². The van der Waals surface area contributed by atoms with Gasteiger partial charge in [-0.25, -0.2) is 8.42 Å². The minimum Gasteiger partial charge on any atom is -0.748 e. The first-order chi connectivity index (χ1) is 9.96. The third-order valence-corrected chi connectivity index (χ3v) is 7.48. The van der Waals surface area contributed by atoms with E-state index >= 15 is 0 Å². The van der Waals surface area contributed by atoms with Gasteiger partial charge in [-0.3, -0.25) is 0 Å². The number of rotatable bonds is 4. The fourth-order valence-electron chi connectivity index (χ4n) is 4.52. The molecular formula is C15H24NO3S2-. The second-order valence-corrected chi connectivity index (χ2v) is 9.47. The van der Waals surface area contributed by atoms with Crippen molar-refractivity contribution in [1.82, 2.24) is 4.90 Å². The van der Waals surface area contributed by atoms with Gasteiger partial charge in [0.05, 0.1) is 15.1 Å². The van der Waals surface area contributed by atoms with Crippen LogP contribution < -0.4 is 0 Å². The molecule has 0 N–H and O–H groups in total. The topological polar surface area (TPSA) is 60.4 Å². The lowest BCUT2D eigenvalue weighted by Gasteiger charge is -2.45. The molecule has 2 saturated carbocycles. The van der Waals surface area contributed by atoms with Crippen molar-refractivity contribution < 1.29 is 13.0 Å². The quantitative estimate of drug-likeness (QED) is 0.742. The standard InChI is InChI=1S/C15H25NO3S2/c1-11-16(9-4-10-21(17,18)19)15-13-6-3-2-5-12(13)7-8-14(15)20-11/h12-15H,1-10H2,(H,17,18,19)/p-1. The van der Waals surface area contributed by atoms with Gasteiger partial charge in [-0.1, -0.05) is 25.8 Å². The highest BCUT2D eigenvalue weighted by Gasteiger charge is 2.47. The first-order valence-corrected chi connectivity index (χ1v) is 10.5. The van der Waals surface area contributed by atoms with E-state index in [0.717, 1.165) is 16.9 Å². The van der Waals surface area contributed by atoms with Crippen LogP contribution in [-0.2, 0) is 10.1 Å². The summed E-state index contributed by atoms with van der Waals surface area (Å²) < 4.78 is 32.4. The summed E-state index contributed by atoms with van der Waals surface area (Å²) in [6, 6.07) is 0.524. The monoisotopic (exact) mass is 330 g/mol. The lowest BCUT2D eigenvalue weighted by Crippen LogP contribution is -2.48. The van der Waals surface area contributed by atoms with Gasteiger partial charge in [0.2, 0.25) is 0 Å². The van der Waals surface area contributed by atoms with E-state index in [2.05, 4.69) is 11.5 Å². The van der Waals surface area contributed by atoms with Gasteiger partial charge in [-0.05, 0) is 37.5 Å². The second kappa shape index (κ2) is 6.13. The number of hydrogen-bond acceptors (Lipinski definition) is 5. The van der Waals surface area contributed by atoms with Gasteiger partial charge in [0.25, 0.3) is 0 Å². The molecule has 4 atom stereocenters. The molecule has 0 radical (unpaired) electrons. The summed E-state index contributed by atoms with van der Waals surface area (Å²) in [5, 5.41) is 1.71. The summed E-state index contributed by atoms with van der Waals surface area (Å²) in [4.78, 5) is 2.32. The summed E-state index contributed by atoms with van der Waals surface area (Å²) in [5.74, 6) is 1.33. The maximum absolute atomic E-state index is 10.8. The van der Waals surface area contributed by atoms with Crippen molar-refractivity contribution in [3.63, 3.8) is 0 Å². The van der Waals surface area contributed by atoms with Gasteiger partial charge in [0.15, 0.2) is 0 Å². The van der Waals surface area contributed by atoms with Crippen molar-refractivity contribution in [3.05, 3.63) is 11.6 Å². The number of fused-ring (bicyclic) bond motifs is 3. The van der Waals surface area contributed by atoms with Gasteiger partial charge in [0.1, 0.15) is 0 Å². The summed E-state index contributed by atoms with van der Waals surface area (Å²) in [6.45, 7) is 4.84. The molecule has 0 amide bonds. The maximum Gasteiger partial charge on any atom is 0.0946 e. The normalized spacial score (nSPS) is 36.4. The van der Waals surface area contributed by atoms with Crippen LogP contribution in [0.25, 0.3) is 0 Å². The average molecular weight is 330 g/mol. The molecule has 3 fully saturated rings. The van der Waals surface area contributed by atoms with Crippen LogP contribution >= 0.6 is 11.8 Å². The third kappa shape index (κ3) is 3.42. The fraction of sp³-hybridized carbons (Fsp3) is 0.867. The Morgan fingerprint density at radius 1 is 1.24 bits per heavy atom. The van der Waals surface area contributed by atoms with Crippen molar-refractivity contribution in [2.45, 2.75) is 56.2 Å². The summed E-state index contributed by atoms with van der Waals surface area (Å²) in [7, 11) is -4.10. The molecular weight excluding hydrogens is 306 g/mol. The Bertz CT molecular complexity index is 505. The summed E-state index contributed by atoms with van der Waals surface area (Å²) >= 11 is 1.88. The maximum atomic E-state index is 10.8. The van der Waals surface area contributed by atoms with Gasteiger partial charge >= 0.3 is 0 Å². The van der Waals surface area contributed by atoms with E-state index in [1.54, 1.807) is 0 Å². The van der Waals surface area contributed by atoms with Crippen molar-refractivity contribution >= 4 is 21.9 Å². The van der Waals surface area contributed by atoms with Crippen LogP contribution in [0.4, 0.5) is 0 Å². The van der Waals surface area contributed by atoms with Crippen LogP contribution in [0.5, 0.6) is 0 Å². The van der Waals surface area contributed by atoms with E-state index < -0.39 is 10.1 Å². The average Bonchev–Trinajstić information content (AvgIpc) is 2.74. The van der Waals surface area contributed by atoms with E-state index in [1.807, 2.05) is 11.8 Å². The smallest absolute Gasteiger partial charge is 0.0946 e. The Hall–Kier alpha value is -0.200. The van der Waals surface area contributed by atoms with E-state index in [0.29, 0.717) is 24.3 Å². The molecule has 1 saturated heterocycles. The zero-order chi connectivity index (χ0) is 15.0. The van der Waals surface area contributed by atoms with E-state index in [-0.39, 0.29) is 5.75 Å². The van der Waals surface area contributed by atoms with Crippen LogP contribution in [0, 0.1) is 11.8 Å². The van der Waals surface area contributed by atoms with Crippen LogP contribution in [0.3, 0.4) is 0 Å². The molecule has 0 aromatic carbocycles. The van der Waals surface area contributed by atoms with E-state index in [4.69, 9.17) is 0 Å². The molecule has 6 heteroatoms. The molecule has 120 valence electrons. The molecule has 1 heterocycles. The highest BCUT2D eigenvalue weighted by Crippen LogP contribution is 2.52. The molecule has 0 aromatic heterocycles. The van der Waals surface area contributed by atoms with Crippen LogP contribution in [0.15, 0.2) is 11.6 Å². The fourth-order valence-corrected chi connectivity index (χ4v) is 6.45. The lowest BCUT2D eigenvalue weighted by molar-refractivity contribution is 0.0781. The van der Waals surface area contributed by atoms with Crippen molar-refractivity contribution in [3.8, 4) is 0 Å². The third-order valence-electron chi connectivity index (χ3n) is 5.37. The first-order valence-electron chi connectivity index (χ1n) is 8.01. The Kier molecular flexibility index (Phi) is 4.58. The summed E-state index contributed by atoms with van der Waals surface area (Å²) in [5.41, 5.74) is 0. The number of hydrogen-bond donors (Lipinski definition) is 0. The van der Waals surface area contributed by atoms with Gasteiger partial charge in [-0.2, -0.15) is 0 Å². The highest BCUT2D eigenvalue weighted by atomic mass is 32.2. The highest BCUT2D eigenvalue weighted by molar-refractivity contribution is 8.03. The molecule has 3 aliphatic rings. The van der Waals surface area contributed by atoms with Crippen LogP contribution in [-0.4, -0.2) is 41.5 Å². The molecule has 4 nitrogen and oxygen atoms in total. The second-order valence-electron chi connectivity index (χ2n) is 6.64.